The number of pyridine rings is 1. The maximum absolute atomic E-state index is 10.8. The molecule has 0 aliphatic rings. The predicted octanol–water partition coefficient (Wildman–Crippen LogP) is -0.792. The molecule has 2 aromatic heterocycles. The van der Waals surface area contributed by atoms with Gasteiger partial charge in [0.15, 0.2) is 16.6 Å². The molecule has 0 aliphatic heterocycles. The third-order valence-electron chi connectivity index (χ3n) is 2.52. The molecule has 12 nitrogen and oxygen atoms in total. The largest absolute Gasteiger partial charge is 0.477 e. The molecule has 0 bridgehead atoms. The van der Waals surface area contributed by atoms with Crippen molar-refractivity contribution in [1.82, 2.24) is 4.98 Å². The predicted molar refractivity (Wildman–Crippen MR) is 81.4 cm³/mol. The van der Waals surface area contributed by atoms with Crippen LogP contribution in [0.5, 0.6) is 0 Å². The molecule has 0 atom stereocenters. The molecule has 0 radical (unpaired) electrons. The first-order chi connectivity index (χ1) is 12.0. The maximum atomic E-state index is 10.8. The molecule has 0 saturated heterocycles. The first kappa shape index (κ1) is 19.8. The topological polar surface area (TPSA) is 218 Å². The Morgan fingerprint density at radius 1 is 0.769 bits per heavy atom. The monoisotopic (exact) mass is 366 g/mol. The zero-order chi connectivity index (χ0) is 20.0. The van der Waals surface area contributed by atoms with Crippen molar-refractivity contribution < 1.29 is 38.9 Å². The average molecular weight is 366 g/mol. The van der Waals surface area contributed by atoms with Crippen molar-refractivity contribution in [3.63, 3.8) is 0 Å². The van der Waals surface area contributed by atoms with Crippen LogP contribution in [-0.2, 0) is 0 Å². The quantitative estimate of drug-likeness (QED) is 0.453. The second-order valence-corrected chi connectivity index (χ2v) is 4.44. The molecule has 136 valence electrons. The van der Waals surface area contributed by atoms with E-state index >= 15 is 0 Å². The molecule has 0 fully saturated rings. The highest BCUT2D eigenvalue weighted by Gasteiger charge is 2.12. The van der Waals surface area contributed by atoms with E-state index in [-0.39, 0.29) is 0 Å². The molecule has 26 heavy (non-hydrogen) atoms. The maximum Gasteiger partial charge on any atom is 0.371 e. The number of hydrogen-bond donors (Lipinski definition) is 5. The van der Waals surface area contributed by atoms with Gasteiger partial charge in [-0.05, 0) is 0 Å². The van der Waals surface area contributed by atoms with Crippen molar-refractivity contribution in [3.05, 3.63) is 67.6 Å². The van der Waals surface area contributed by atoms with Crippen LogP contribution >= 0.6 is 0 Å². The van der Waals surface area contributed by atoms with Crippen LogP contribution < -0.4 is 16.6 Å². The summed E-state index contributed by atoms with van der Waals surface area (Å²) >= 11 is 0. The first-order valence-electron chi connectivity index (χ1n) is 6.40. The lowest BCUT2D eigenvalue weighted by molar-refractivity contribution is 0.0649. The van der Waals surface area contributed by atoms with Crippen molar-refractivity contribution in [3.8, 4) is 0 Å². The zero-order valence-corrected chi connectivity index (χ0v) is 12.6. The lowest BCUT2D eigenvalue weighted by Crippen LogP contribution is -2.16. The molecular formula is C14H10N2O10. The number of aromatic nitrogens is 1. The highest BCUT2D eigenvalue weighted by Crippen LogP contribution is 2.00. The summed E-state index contributed by atoms with van der Waals surface area (Å²) < 4.78 is 4.51. The van der Waals surface area contributed by atoms with E-state index in [1.807, 2.05) is 0 Å². The van der Waals surface area contributed by atoms with Crippen molar-refractivity contribution in [2.45, 2.75) is 0 Å². The lowest BCUT2D eigenvalue weighted by atomic mass is 10.3. The van der Waals surface area contributed by atoms with Gasteiger partial charge in [0, 0.05) is 24.3 Å². The van der Waals surface area contributed by atoms with Gasteiger partial charge in [-0.3, -0.25) is 14.4 Å². The fourth-order valence-electron chi connectivity index (χ4n) is 1.48. The molecule has 0 aromatic carbocycles. The van der Waals surface area contributed by atoms with E-state index in [2.05, 4.69) is 9.40 Å². The van der Waals surface area contributed by atoms with Gasteiger partial charge in [-0.15, -0.1) is 0 Å². The molecule has 6 N–H and O–H groups in total. The molecule has 0 spiro atoms. The summed E-state index contributed by atoms with van der Waals surface area (Å²) in [6.07, 6.45) is 0. The Bertz CT molecular complexity index is 849. The van der Waals surface area contributed by atoms with Crippen LogP contribution in [0, 0.1) is 0 Å². The molecular weight excluding hydrogens is 356 g/mol. The second-order valence-electron chi connectivity index (χ2n) is 4.44. The number of carbonyl (C=O) groups excluding carboxylic acids is 1. The molecule has 0 unspecified atom stereocenters. The number of aromatic amines is 1. The van der Waals surface area contributed by atoms with E-state index in [0.717, 1.165) is 24.3 Å². The van der Waals surface area contributed by atoms with Crippen LogP contribution in [0.4, 0.5) is 0 Å². The van der Waals surface area contributed by atoms with Gasteiger partial charge in [-0.1, -0.05) is 0 Å². The Labute approximate surface area is 142 Å². The number of primary amides is 1. The first-order valence-corrected chi connectivity index (χ1v) is 6.40. The Morgan fingerprint density at radius 3 is 1.58 bits per heavy atom. The minimum absolute atomic E-state index is 0.440. The van der Waals surface area contributed by atoms with Gasteiger partial charge in [-0.2, -0.15) is 0 Å². The molecule has 2 aromatic rings. The number of aromatic carboxylic acids is 3. The SMILES string of the molecule is NC(=O)c1cc(=O)cc(C(=O)O)o1.O=C(O)c1cc(=O)cc(C(=O)O)[nH]1. The molecule has 12 heteroatoms. The minimum Gasteiger partial charge on any atom is -0.477 e. The van der Waals surface area contributed by atoms with Gasteiger partial charge in [0.1, 0.15) is 11.4 Å². The second kappa shape index (κ2) is 8.05. The van der Waals surface area contributed by atoms with Crippen molar-refractivity contribution in [1.29, 1.82) is 0 Å². The van der Waals surface area contributed by atoms with E-state index < -0.39 is 57.6 Å². The van der Waals surface area contributed by atoms with E-state index in [4.69, 9.17) is 21.1 Å². The normalized spacial score (nSPS) is 9.54. The molecule has 1 amide bonds. The van der Waals surface area contributed by atoms with Crippen LogP contribution in [-0.4, -0.2) is 44.1 Å². The summed E-state index contributed by atoms with van der Waals surface area (Å²) in [6, 6.07) is 3.22. The number of nitrogens with one attached hydrogen (secondary N) is 1. The molecule has 2 heterocycles. The third kappa shape index (κ3) is 5.45. The van der Waals surface area contributed by atoms with Crippen molar-refractivity contribution in [2.24, 2.45) is 5.73 Å². The summed E-state index contributed by atoms with van der Waals surface area (Å²) in [4.78, 5) is 65.2. The summed E-state index contributed by atoms with van der Waals surface area (Å²) in [5, 5.41) is 25.3. The molecule has 0 aliphatic carbocycles. The number of H-pyrrole nitrogens is 1. The van der Waals surface area contributed by atoms with Gasteiger partial charge in [0.2, 0.25) is 5.76 Å². The van der Waals surface area contributed by atoms with Crippen LogP contribution in [0.3, 0.4) is 0 Å². The Balaban J connectivity index is 0.000000260. The Morgan fingerprint density at radius 2 is 1.19 bits per heavy atom. The van der Waals surface area contributed by atoms with Crippen LogP contribution in [0.1, 0.15) is 42.1 Å². The summed E-state index contributed by atoms with van der Waals surface area (Å²) in [6.45, 7) is 0. The van der Waals surface area contributed by atoms with E-state index in [1.54, 1.807) is 0 Å². The van der Waals surface area contributed by atoms with E-state index in [0.29, 0.717) is 0 Å². The molecule has 0 saturated carbocycles. The van der Waals surface area contributed by atoms with Gasteiger partial charge in [0.25, 0.3) is 5.91 Å². The van der Waals surface area contributed by atoms with Crippen LogP contribution in [0.25, 0.3) is 0 Å². The standard InChI is InChI=1S/2C7H5NO5/c8-6(10)4-1-3(9)2-5(13-4)7(11)12;9-3-1-4(6(10)11)8-5(2-3)7(12)13/h1-2H,(H2,8,10)(H,11,12);1-2H,(H,8,9)(H,10,11)(H,12,13). The lowest BCUT2D eigenvalue weighted by Gasteiger charge is -1.96. The fraction of sp³-hybridized carbons (Fsp3) is 0. The van der Waals surface area contributed by atoms with Gasteiger partial charge in [-0.25, -0.2) is 14.4 Å². The average Bonchev–Trinajstić information content (AvgIpc) is 2.54. The Hall–Kier alpha value is -4.22. The Kier molecular flexibility index (Phi) is 6.14. The summed E-state index contributed by atoms with van der Waals surface area (Å²) in [5.41, 5.74) is 2.61. The fourth-order valence-corrected chi connectivity index (χ4v) is 1.48. The highest BCUT2D eigenvalue weighted by molar-refractivity contribution is 5.91. The van der Waals surface area contributed by atoms with Gasteiger partial charge >= 0.3 is 17.9 Å². The number of carboxylic acid groups (broad SMARTS) is 3. The third-order valence-corrected chi connectivity index (χ3v) is 2.52. The number of hydrogen-bond acceptors (Lipinski definition) is 7. The number of carboxylic acids is 3. The summed E-state index contributed by atoms with van der Waals surface area (Å²) in [5.74, 6) is -6.24. The van der Waals surface area contributed by atoms with Gasteiger partial charge < -0.3 is 30.5 Å². The van der Waals surface area contributed by atoms with Crippen LogP contribution in [0.2, 0.25) is 0 Å². The summed E-state index contributed by atoms with van der Waals surface area (Å²) in [7, 11) is 0. The number of nitrogens with two attached hydrogens (primary N) is 1. The zero-order valence-electron chi connectivity index (χ0n) is 12.6. The smallest absolute Gasteiger partial charge is 0.371 e. The number of amides is 1. The van der Waals surface area contributed by atoms with E-state index in [1.165, 1.54) is 0 Å². The van der Waals surface area contributed by atoms with Crippen molar-refractivity contribution >= 4 is 23.8 Å². The van der Waals surface area contributed by atoms with Gasteiger partial charge in [0.05, 0.1) is 0 Å². The highest BCUT2D eigenvalue weighted by atomic mass is 16.4. The number of carbonyl (C=O) groups is 4. The molecule has 2 rings (SSSR count). The minimum atomic E-state index is -1.43. The van der Waals surface area contributed by atoms with Crippen LogP contribution in [0.15, 0.2) is 38.3 Å². The number of rotatable bonds is 4. The van der Waals surface area contributed by atoms with E-state index in [9.17, 15) is 28.8 Å². The van der Waals surface area contributed by atoms with Crippen molar-refractivity contribution in [2.75, 3.05) is 0 Å².